The van der Waals surface area contributed by atoms with Crippen molar-refractivity contribution in [1.29, 1.82) is 0 Å². The Labute approximate surface area is 230 Å². The van der Waals surface area contributed by atoms with E-state index in [9.17, 15) is 17.6 Å². The smallest absolute Gasteiger partial charge is 0.261 e. The number of benzene rings is 4. The lowest BCUT2D eigenvalue weighted by atomic mass is 10.1. The molecule has 4 aromatic carbocycles. The van der Waals surface area contributed by atoms with Gasteiger partial charge in [0.25, 0.3) is 15.9 Å². The van der Waals surface area contributed by atoms with Crippen LogP contribution in [-0.4, -0.2) is 14.3 Å². The predicted molar refractivity (Wildman–Crippen MR) is 147 cm³/mol. The Morgan fingerprint density at radius 3 is 2.33 bits per heavy atom. The van der Waals surface area contributed by atoms with E-state index in [1.807, 2.05) is 22.6 Å². The van der Waals surface area contributed by atoms with Gasteiger partial charge < -0.3 is 10.1 Å². The van der Waals surface area contributed by atoms with Gasteiger partial charge in [0.1, 0.15) is 17.3 Å². The molecular weight excluding hydrogens is 641 g/mol. The normalized spacial score (nSPS) is 11.1. The van der Waals surface area contributed by atoms with Gasteiger partial charge in [0.05, 0.1) is 21.2 Å². The molecule has 0 saturated heterocycles. The highest BCUT2D eigenvalue weighted by molar-refractivity contribution is 14.1. The first-order valence-electron chi connectivity index (χ1n) is 10.2. The monoisotopic (exact) mass is 656 g/mol. The number of carbonyl (C=O) groups is 1. The maximum absolute atomic E-state index is 13.9. The van der Waals surface area contributed by atoms with E-state index in [1.165, 1.54) is 60.7 Å². The number of ether oxygens (including phenoxy) is 1. The number of nitrogens with one attached hydrogen (secondary N) is 2. The Kier molecular flexibility index (Phi) is 8.04. The van der Waals surface area contributed by atoms with E-state index < -0.39 is 21.7 Å². The maximum Gasteiger partial charge on any atom is 0.261 e. The van der Waals surface area contributed by atoms with Crippen LogP contribution < -0.4 is 14.8 Å². The number of halogens is 4. The van der Waals surface area contributed by atoms with E-state index in [2.05, 4.69) is 10.0 Å². The summed E-state index contributed by atoms with van der Waals surface area (Å²) in [5.74, 6) is -0.349. The minimum atomic E-state index is -4.08. The average molecular weight is 657 g/mol. The van der Waals surface area contributed by atoms with Gasteiger partial charge in [-0.3, -0.25) is 9.52 Å². The van der Waals surface area contributed by atoms with Crippen LogP contribution in [0.3, 0.4) is 0 Å². The van der Waals surface area contributed by atoms with E-state index in [1.54, 1.807) is 24.3 Å². The average Bonchev–Trinajstić information content (AvgIpc) is 2.84. The van der Waals surface area contributed by atoms with Gasteiger partial charge in [0.2, 0.25) is 0 Å². The standard InChI is InChI=1S/C25H16Cl2FIN2O4S/c26-15-5-12-23(19(13-15)25(32)30-16-6-11-22(29)21(28)14-16)31-36(33,34)18-9-7-17(8-10-18)35-24-4-2-1-3-20(24)27/h1-14,31H,(H,30,32). The molecule has 0 unspecified atom stereocenters. The van der Waals surface area contributed by atoms with E-state index in [4.69, 9.17) is 27.9 Å². The van der Waals surface area contributed by atoms with Crippen LogP contribution in [0.5, 0.6) is 11.5 Å². The van der Waals surface area contributed by atoms with E-state index in [0.717, 1.165) is 0 Å². The highest BCUT2D eigenvalue weighted by Crippen LogP contribution is 2.30. The predicted octanol–water partition coefficient (Wildman–Crippen LogP) is 7.58. The summed E-state index contributed by atoms with van der Waals surface area (Å²) in [7, 11) is -4.08. The first-order chi connectivity index (χ1) is 17.1. The largest absolute Gasteiger partial charge is 0.456 e. The topological polar surface area (TPSA) is 84.5 Å². The van der Waals surface area contributed by atoms with Gasteiger partial charge in [-0.1, -0.05) is 35.3 Å². The Morgan fingerprint density at radius 1 is 0.917 bits per heavy atom. The van der Waals surface area contributed by atoms with Crippen LogP contribution in [0.25, 0.3) is 0 Å². The molecular formula is C25H16Cl2FIN2O4S. The summed E-state index contributed by atoms with van der Waals surface area (Å²) in [5, 5.41) is 3.19. The van der Waals surface area contributed by atoms with E-state index in [0.29, 0.717) is 20.1 Å². The van der Waals surface area contributed by atoms with Gasteiger partial charge in [-0.15, -0.1) is 0 Å². The molecule has 0 aliphatic heterocycles. The Bertz CT molecular complexity index is 1550. The lowest BCUT2D eigenvalue weighted by Crippen LogP contribution is -2.18. The molecule has 184 valence electrons. The quantitative estimate of drug-likeness (QED) is 0.201. The molecule has 0 aromatic heterocycles. The number of para-hydroxylation sites is 1. The molecule has 4 rings (SSSR count). The molecule has 0 aliphatic carbocycles. The molecule has 0 bridgehead atoms. The summed E-state index contributed by atoms with van der Waals surface area (Å²) in [5.41, 5.74) is 0.170. The zero-order valence-electron chi connectivity index (χ0n) is 18.1. The van der Waals surface area contributed by atoms with Crippen molar-refractivity contribution in [2.24, 2.45) is 0 Å². The third-order valence-electron chi connectivity index (χ3n) is 4.85. The van der Waals surface area contributed by atoms with Gasteiger partial charge in [-0.25, -0.2) is 12.8 Å². The number of amides is 1. The van der Waals surface area contributed by atoms with Crippen molar-refractivity contribution < 1.29 is 22.3 Å². The van der Waals surface area contributed by atoms with Gasteiger partial charge in [0, 0.05) is 14.3 Å². The van der Waals surface area contributed by atoms with Crippen molar-refractivity contribution in [1.82, 2.24) is 0 Å². The van der Waals surface area contributed by atoms with Crippen molar-refractivity contribution in [2.75, 3.05) is 10.0 Å². The van der Waals surface area contributed by atoms with Crippen LogP contribution in [0, 0.1) is 9.39 Å². The van der Waals surface area contributed by atoms with Crippen molar-refractivity contribution >= 4 is 73.1 Å². The number of carbonyl (C=O) groups excluding carboxylic acids is 1. The van der Waals surface area contributed by atoms with Gasteiger partial charge in [-0.05, 0) is 95.4 Å². The molecule has 6 nitrogen and oxygen atoms in total. The minimum absolute atomic E-state index is 0.000669. The number of sulfonamides is 1. The summed E-state index contributed by atoms with van der Waals surface area (Å²) in [6.07, 6.45) is 0. The fourth-order valence-electron chi connectivity index (χ4n) is 3.11. The molecule has 0 saturated carbocycles. The zero-order valence-corrected chi connectivity index (χ0v) is 22.6. The first-order valence-corrected chi connectivity index (χ1v) is 13.6. The molecule has 11 heteroatoms. The highest BCUT2D eigenvalue weighted by Gasteiger charge is 2.20. The second kappa shape index (κ2) is 11.0. The Morgan fingerprint density at radius 2 is 1.64 bits per heavy atom. The fraction of sp³-hybridized carbons (Fsp3) is 0. The van der Waals surface area contributed by atoms with Gasteiger partial charge in [0.15, 0.2) is 0 Å². The van der Waals surface area contributed by atoms with Crippen LogP contribution in [0.15, 0.2) is 89.8 Å². The number of rotatable bonds is 7. The molecule has 0 atom stereocenters. The van der Waals surface area contributed by atoms with Crippen LogP contribution in [0.2, 0.25) is 10.0 Å². The molecule has 36 heavy (non-hydrogen) atoms. The second-order valence-electron chi connectivity index (χ2n) is 7.38. The summed E-state index contributed by atoms with van der Waals surface area (Å²) < 4.78 is 48.4. The summed E-state index contributed by atoms with van der Waals surface area (Å²) in [6, 6.07) is 20.9. The first kappa shape index (κ1) is 26.2. The Balaban J connectivity index is 1.55. The number of anilines is 2. The number of hydrogen-bond acceptors (Lipinski definition) is 4. The third-order valence-corrected chi connectivity index (χ3v) is 7.65. The molecule has 0 fully saturated rings. The molecule has 0 spiro atoms. The SMILES string of the molecule is O=C(Nc1ccc(I)c(F)c1)c1cc(Cl)ccc1NS(=O)(=O)c1ccc(Oc2ccccc2Cl)cc1. The highest BCUT2D eigenvalue weighted by atomic mass is 127. The molecule has 2 N–H and O–H groups in total. The molecule has 0 heterocycles. The molecule has 0 radical (unpaired) electrons. The van der Waals surface area contributed by atoms with Crippen LogP contribution >= 0.6 is 45.8 Å². The van der Waals surface area contributed by atoms with Crippen molar-refractivity contribution in [3.05, 3.63) is 110 Å². The lowest BCUT2D eigenvalue weighted by molar-refractivity contribution is 0.102. The minimum Gasteiger partial charge on any atom is -0.456 e. The molecule has 1 amide bonds. The summed E-state index contributed by atoms with van der Waals surface area (Å²) in [4.78, 5) is 12.8. The summed E-state index contributed by atoms with van der Waals surface area (Å²) >= 11 is 14.0. The van der Waals surface area contributed by atoms with Crippen molar-refractivity contribution in [2.45, 2.75) is 4.90 Å². The Hall–Kier alpha value is -2.86. The maximum atomic E-state index is 13.9. The number of hydrogen-bond donors (Lipinski definition) is 2. The van der Waals surface area contributed by atoms with E-state index >= 15 is 0 Å². The van der Waals surface area contributed by atoms with Crippen molar-refractivity contribution in [3.8, 4) is 11.5 Å². The van der Waals surface area contributed by atoms with Gasteiger partial charge in [-0.2, -0.15) is 0 Å². The molecule has 4 aromatic rings. The fourth-order valence-corrected chi connectivity index (χ4v) is 4.87. The van der Waals surface area contributed by atoms with E-state index in [-0.39, 0.29) is 26.9 Å². The van der Waals surface area contributed by atoms with Crippen LogP contribution in [0.4, 0.5) is 15.8 Å². The van der Waals surface area contributed by atoms with Gasteiger partial charge >= 0.3 is 0 Å². The molecule has 0 aliphatic rings. The lowest BCUT2D eigenvalue weighted by Gasteiger charge is -2.14. The van der Waals surface area contributed by atoms with Crippen LogP contribution in [0.1, 0.15) is 10.4 Å². The van der Waals surface area contributed by atoms with Crippen molar-refractivity contribution in [3.63, 3.8) is 0 Å². The summed E-state index contributed by atoms with van der Waals surface area (Å²) in [6.45, 7) is 0. The second-order valence-corrected chi connectivity index (χ2v) is 11.1. The van der Waals surface area contributed by atoms with Crippen LogP contribution in [-0.2, 0) is 10.0 Å². The third kappa shape index (κ3) is 6.28. The zero-order chi connectivity index (χ0) is 25.9.